The van der Waals surface area contributed by atoms with Crippen LogP contribution in [-0.2, 0) is 0 Å². The summed E-state index contributed by atoms with van der Waals surface area (Å²) in [4.78, 5) is 0. The average Bonchev–Trinajstić information content (AvgIpc) is 2.39. The average molecular weight is 344 g/mol. The Morgan fingerprint density at radius 2 is 2.00 bits per heavy atom. The topological polar surface area (TPSA) is 20.2 Å². The number of rotatable bonds is 3. The van der Waals surface area contributed by atoms with Crippen molar-refractivity contribution in [1.82, 2.24) is 0 Å². The van der Waals surface area contributed by atoms with Crippen LogP contribution in [-0.4, -0.2) is 5.11 Å². The molecule has 0 amide bonds. The van der Waals surface area contributed by atoms with Gasteiger partial charge in [-0.15, -0.1) is 0 Å². The maximum absolute atomic E-state index is 10.4. The molecule has 1 saturated carbocycles. The fraction of sp³-hybridized carbons (Fsp3) is 0.600. The Balaban J connectivity index is 2.03. The van der Waals surface area contributed by atoms with Gasteiger partial charge in [-0.3, -0.25) is 0 Å². The zero-order valence-corrected chi connectivity index (χ0v) is 12.6. The zero-order valence-electron chi connectivity index (χ0n) is 10.4. The summed E-state index contributed by atoms with van der Waals surface area (Å²) in [5, 5.41) is 10.4. The highest BCUT2D eigenvalue weighted by molar-refractivity contribution is 14.1. The summed E-state index contributed by atoms with van der Waals surface area (Å²) in [5.41, 5.74) is 1.09. The predicted octanol–water partition coefficient (Wildman–Crippen LogP) is 4.54. The van der Waals surface area contributed by atoms with E-state index in [2.05, 4.69) is 53.8 Å². The molecule has 0 spiro atoms. The molecule has 2 rings (SSSR count). The van der Waals surface area contributed by atoms with E-state index in [0.717, 1.165) is 11.5 Å². The van der Waals surface area contributed by atoms with Crippen molar-refractivity contribution in [2.24, 2.45) is 11.8 Å². The van der Waals surface area contributed by atoms with Crippen LogP contribution in [0.25, 0.3) is 0 Å². The second-order valence-corrected chi connectivity index (χ2v) is 6.44. The molecule has 1 aromatic rings. The third-order valence-corrected chi connectivity index (χ3v) is 4.78. The summed E-state index contributed by atoms with van der Waals surface area (Å²) in [5.74, 6) is 1.29. The van der Waals surface area contributed by atoms with Crippen LogP contribution in [0.15, 0.2) is 24.3 Å². The second-order valence-electron chi connectivity index (χ2n) is 5.20. The van der Waals surface area contributed by atoms with E-state index in [1.54, 1.807) is 0 Å². The van der Waals surface area contributed by atoms with Gasteiger partial charge in [-0.2, -0.15) is 0 Å². The first-order valence-electron chi connectivity index (χ1n) is 6.64. The van der Waals surface area contributed by atoms with Crippen LogP contribution in [0.5, 0.6) is 0 Å². The minimum atomic E-state index is -0.263. The molecule has 2 heteroatoms. The monoisotopic (exact) mass is 344 g/mol. The first-order valence-corrected chi connectivity index (χ1v) is 7.72. The Kier molecular flexibility index (Phi) is 4.86. The van der Waals surface area contributed by atoms with Crippen molar-refractivity contribution in [2.75, 3.05) is 0 Å². The standard InChI is InChI=1S/C15H21IO/c1-2-11-4-3-5-13(10-11)15(17)12-6-8-14(16)9-7-12/h6-9,11,13,15,17H,2-5,10H2,1H3. The normalized spacial score (nSPS) is 26.8. The number of aliphatic hydroxyl groups excluding tert-OH is 1. The molecular weight excluding hydrogens is 323 g/mol. The van der Waals surface area contributed by atoms with Gasteiger partial charge in [0.05, 0.1) is 6.10 Å². The maximum Gasteiger partial charge on any atom is 0.0818 e. The molecule has 0 heterocycles. The van der Waals surface area contributed by atoms with Gasteiger partial charge < -0.3 is 5.11 Å². The number of benzene rings is 1. The molecule has 1 aromatic carbocycles. The van der Waals surface area contributed by atoms with Crippen molar-refractivity contribution in [3.63, 3.8) is 0 Å². The van der Waals surface area contributed by atoms with E-state index in [4.69, 9.17) is 0 Å². The van der Waals surface area contributed by atoms with Gasteiger partial charge in [0.2, 0.25) is 0 Å². The van der Waals surface area contributed by atoms with E-state index >= 15 is 0 Å². The molecule has 1 aliphatic rings. The Morgan fingerprint density at radius 3 is 2.65 bits per heavy atom. The van der Waals surface area contributed by atoms with Gasteiger partial charge in [0.1, 0.15) is 0 Å². The number of halogens is 1. The van der Waals surface area contributed by atoms with Crippen LogP contribution in [0.3, 0.4) is 0 Å². The van der Waals surface area contributed by atoms with E-state index in [9.17, 15) is 5.11 Å². The van der Waals surface area contributed by atoms with Crippen LogP contribution < -0.4 is 0 Å². The largest absolute Gasteiger partial charge is 0.388 e. The Morgan fingerprint density at radius 1 is 1.29 bits per heavy atom. The minimum absolute atomic E-state index is 0.263. The Bertz CT molecular complexity index is 346. The molecule has 1 nitrogen and oxygen atoms in total. The van der Waals surface area contributed by atoms with Crippen molar-refractivity contribution in [2.45, 2.75) is 45.1 Å². The van der Waals surface area contributed by atoms with Gasteiger partial charge >= 0.3 is 0 Å². The van der Waals surface area contributed by atoms with Gasteiger partial charge in [-0.25, -0.2) is 0 Å². The molecule has 1 aliphatic carbocycles. The zero-order chi connectivity index (χ0) is 12.3. The third kappa shape index (κ3) is 3.44. The van der Waals surface area contributed by atoms with E-state index < -0.39 is 0 Å². The van der Waals surface area contributed by atoms with Gasteiger partial charge in [-0.05, 0) is 65.0 Å². The fourth-order valence-corrected chi connectivity index (χ4v) is 3.28. The Hall–Kier alpha value is -0.0900. The van der Waals surface area contributed by atoms with Gasteiger partial charge in [0, 0.05) is 3.57 Å². The molecule has 3 atom stereocenters. The molecule has 94 valence electrons. The summed E-state index contributed by atoms with van der Waals surface area (Å²) in [6.07, 6.45) is 6.02. The molecule has 0 aliphatic heterocycles. The molecule has 0 bridgehead atoms. The second kappa shape index (κ2) is 6.19. The molecule has 0 saturated heterocycles. The number of aliphatic hydroxyl groups is 1. The molecule has 3 unspecified atom stereocenters. The lowest BCUT2D eigenvalue weighted by molar-refractivity contribution is 0.0678. The van der Waals surface area contributed by atoms with Crippen LogP contribution in [0.2, 0.25) is 0 Å². The van der Waals surface area contributed by atoms with E-state index in [0.29, 0.717) is 5.92 Å². The van der Waals surface area contributed by atoms with E-state index in [-0.39, 0.29) is 6.10 Å². The molecule has 0 aromatic heterocycles. The number of hydrogen-bond acceptors (Lipinski definition) is 1. The van der Waals surface area contributed by atoms with Gasteiger partial charge in [-0.1, -0.05) is 38.3 Å². The van der Waals surface area contributed by atoms with E-state index in [1.807, 2.05) is 0 Å². The first kappa shape index (κ1) is 13.3. The first-order chi connectivity index (χ1) is 8.20. The maximum atomic E-state index is 10.4. The van der Waals surface area contributed by atoms with Crippen molar-refractivity contribution < 1.29 is 5.11 Å². The fourth-order valence-electron chi connectivity index (χ4n) is 2.92. The molecule has 0 radical (unpaired) electrons. The molecular formula is C15H21IO. The van der Waals surface area contributed by atoms with Crippen molar-refractivity contribution in [1.29, 1.82) is 0 Å². The van der Waals surface area contributed by atoms with Crippen molar-refractivity contribution in [3.05, 3.63) is 33.4 Å². The van der Waals surface area contributed by atoms with Crippen LogP contribution in [0, 0.1) is 15.4 Å². The van der Waals surface area contributed by atoms with Gasteiger partial charge in [0.25, 0.3) is 0 Å². The van der Waals surface area contributed by atoms with Crippen LogP contribution >= 0.6 is 22.6 Å². The molecule has 1 fully saturated rings. The van der Waals surface area contributed by atoms with Crippen LogP contribution in [0.4, 0.5) is 0 Å². The predicted molar refractivity (Wildman–Crippen MR) is 79.9 cm³/mol. The summed E-state index contributed by atoms with van der Waals surface area (Å²) in [6, 6.07) is 8.31. The highest BCUT2D eigenvalue weighted by Gasteiger charge is 2.27. The summed E-state index contributed by atoms with van der Waals surface area (Å²) in [7, 11) is 0. The van der Waals surface area contributed by atoms with Crippen molar-refractivity contribution in [3.8, 4) is 0 Å². The highest BCUT2D eigenvalue weighted by atomic mass is 127. The van der Waals surface area contributed by atoms with Gasteiger partial charge in [0.15, 0.2) is 0 Å². The lowest BCUT2D eigenvalue weighted by Crippen LogP contribution is -2.21. The minimum Gasteiger partial charge on any atom is -0.388 e. The Labute approximate surface area is 118 Å². The van der Waals surface area contributed by atoms with E-state index in [1.165, 1.54) is 35.7 Å². The molecule has 1 N–H and O–H groups in total. The smallest absolute Gasteiger partial charge is 0.0818 e. The van der Waals surface area contributed by atoms with Crippen molar-refractivity contribution >= 4 is 22.6 Å². The van der Waals surface area contributed by atoms with Crippen LogP contribution in [0.1, 0.15) is 50.7 Å². The summed E-state index contributed by atoms with van der Waals surface area (Å²) in [6.45, 7) is 2.27. The SMILES string of the molecule is CCC1CCCC(C(O)c2ccc(I)cc2)C1. The lowest BCUT2D eigenvalue weighted by atomic mass is 9.76. The molecule has 17 heavy (non-hydrogen) atoms. The summed E-state index contributed by atoms with van der Waals surface area (Å²) >= 11 is 2.30. The quantitative estimate of drug-likeness (QED) is 0.798. The lowest BCUT2D eigenvalue weighted by Gasteiger charge is -2.32. The number of hydrogen-bond donors (Lipinski definition) is 1. The summed E-state index contributed by atoms with van der Waals surface area (Å²) < 4.78 is 1.23. The third-order valence-electron chi connectivity index (χ3n) is 4.06. The highest BCUT2D eigenvalue weighted by Crippen LogP contribution is 2.38.